The second kappa shape index (κ2) is 5.92. The number of amides is 3. The van der Waals surface area contributed by atoms with Gasteiger partial charge in [0.2, 0.25) is 17.7 Å². The van der Waals surface area contributed by atoms with Gasteiger partial charge in [-0.2, -0.15) is 0 Å². The minimum absolute atomic E-state index is 0.104. The van der Waals surface area contributed by atoms with Crippen molar-refractivity contribution in [1.29, 1.82) is 0 Å². The van der Waals surface area contributed by atoms with Gasteiger partial charge in [0.05, 0.1) is 0 Å². The second-order valence-electron chi connectivity index (χ2n) is 6.62. The van der Waals surface area contributed by atoms with Crippen molar-refractivity contribution in [2.45, 2.75) is 44.8 Å². The first-order chi connectivity index (χ1) is 11.4. The molecule has 1 aromatic rings. The molecule has 128 valence electrons. The molecule has 0 aliphatic carbocycles. The number of carbonyl (C=O) groups is 3. The lowest BCUT2D eigenvalue weighted by Crippen LogP contribution is -2.60. The van der Waals surface area contributed by atoms with Crippen LogP contribution < -0.4 is 5.32 Å². The van der Waals surface area contributed by atoms with Crippen LogP contribution in [0.15, 0.2) is 24.3 Å². The predicted molar refractivity (Wildman–Crippen MR) is 89.0 cm³/mol. The van der Waals surface area contributed by atoms with Crippen LogP contribution in [-0.2, 0) is 27.3 Å². The summed E-state index contributed by atoms with van der Waals surface area (Å²) in [5, 5.41) is 2.59. The zero-order valence-corrected chi connectivity index (χ0v) is 14.3. The average molecular weight is 329 g/mol. The molecule has 2 aliphatic heterocycles. The first-order valence-electron chi connectivity index (χ1n) is 8.28. The van der Waals surface area contributed by atoms with E-state index < -0.39 is 11.6 Å². The molecule has 6 heteroatoms. The van der Waals surface area contributed by atoms with E-state index in [1.165, 1.54) is 6.92 Å². The highest BCUT2D eigenvalue weighted by Gasteiger charge is 2.55. The van der Waals surface area contributed by atoms with Crippen molar-refractivity contribution < 1.29 is 14.4 Å². The molecule has 0 radical (unpaired) electrons. The van der Waals surface area contributed by atoms with Crippen molar-refractivity contribution in [1.82, 2.24) is 15.1 Å². The first-order valence-corrected chi connectivity index (χ1v) is 8.28. The number of likely N-dealkylation sites (N-methyl/N-ethyl adjacent to an activating group) is 1. The number of nitrogens with zero attached hydrogens (tertiary/aromatic N) is 2. The molecule has 6 nitrogen and oxygen atoms in total. The number of nitrogens with one attached hydrogen (secondary N) is 1. The van der Waals surface area contributed by atoms with Crippen LogP contribution >= 0.6 is 0 Å². The number of benzene rings is 1. The number of carbonyl (C=O) groups excluding carboxylic acids is 3. The summed E-state index contributed by atoms with van der Waals surface area (Å²) in [5.41, 5.74) is 1.34. The zero-order chi connectivity index (χ0) is 17.5. The number of likely N-dealkylation sites (tertiary alicyclic amines) is 1. The van der Waals surface area contributed by atoms with Gasteiger partial charge in [-0.15, -0.1) is 0 Å². The van der Waals surface area contributed by atoms with Crippen molar-refractivity contribution in [3.8, 4) is 0 Å². The molecule has 0 saturated carbocycles. The monoisotopic (exact) mass is 329 g/mol. The molecule has 0 bridgehead atoms. The van der Waals surface area contributed by atoms with Gasteiger partial charge in [-0.05, 0) is 24.5 Å². The molecular weight excluding hydrogens is 306 g/mol. The van der Waals surface area contributed by atoms with Crippen LogP contribution in [0.5, 0.6) is 0 Å². The molecule has 2 heterocycles. The van der Waals surface area contributed by atoms with E-state index in [1.54, 1.807) is 23.8 Å². The smallest absolute Gasteiger partial charge is 0.249 e. The minimum atomic E-state index is -0.859. The highest BCUT2D eigenvalue weighted by Crippen LogP contribution is 2.39. The van der Waals surface area contributed by atoms with Gasteiger partial charge >= 0.3 is 0 Å². The van der Waals surface area contributed by atoms with E-state index >= 15 is 0 Å². The number of hydrogen-bond donors (Lipinski definition) is 1. The van der Waals surface area contributed by atoms with E-state index in [1.807, 2.05) is 24.3 Å². The van der Waals surface area contributed by atoms with Crippen LogP contribution in [0.1, 0.15) is 31.4 Å². The maximum absolute atomic E-state index is 13.2. The summed E-state index contributed by atoms with van der Waals surface area (Å²) in [6.45, 7) is 4.16. The fourth-order valence-corrected chi connectivity index (χ4v) is 3.94. The van der Waals surface area contributed by atoms with Crippen LogP contribution in [-0.4, -0.2) is 52.7 Å². The molecule has 1 N–H and O–H groups in total. The highest BCUT2D eigenvalue weighted by atomic mass is 16.2. The lowest BCUT2D eigenvalue weighted by molar-refractivity contribution is -0.151. The van der Waals surface area contributed by atoms with Crippen LogP contribution in [0.3, 0.4) is 0 Å². The Morgan fingerprint density at radius 3 is 2.54 bits per heavy atom. The third-order valence-corrected chi connectivity index (χ3v) is 5.35. The lowest BCUT2D eigenvalue weighted by Gasteiger charge is -2.43. The summed E-state index contributed by atoms with van der Waals surface area (Å²) in [6, 6.07) is 7.40. The van der Waals surface area contributed by atoms with Gasteiger partial charge in [0.1, 0.15) is 11.6 Å². The molecule has 0 aromatic heterocycles. The normalized spacial score (nSPS) is 24.0. The topological polar surface area (TPSA) is 69.7 Å². The minimum Gasteiger partial charge on any atom is -0.357 e. The summed E-state index contributed by atoms with van der Waals surface area (Å²) >= 11 is 0. The number of rotatable bonds is 2. The summed E-state index contributed by atoms with van der Waals surface area (Å²) < 4.78 is 0. The van der Waals surface area contributed by atoms with Gasteiger partial charge in [-0.1, -0.05) is 24.3 Å². The zero-order valence-electron chi connectivity index (χ0n) is 14.3. The third kappa shape index (κ3) is 2.37. The van der Waals surface area contributed by atoms with Gasteiger partial charge in [-0.25, -0.2) is 0 Å². The maximum Gasteiger partial charge on any atom is 0.249 e. The highest BCUT2D eigenvalue weighted by molar-refractivity contribution is 5.96. The van der Waals surface area contributed by atoms with E-state index in [4.69, 9.17) is 0 Å². The van der Waals surface area contributed by atoms with E-state index in [9.17, 15) is 14.4 Å². The Labute approximate surface area is 141 Å². The molecule has 1 saturated heterocycles. The fraction of sp³-hybridized carbons (Fsp3) is 0.500. The van der Waals surface area contributed by atoms with Crippen molar-refractivity contribution in [3.63, 3.8) is 0 Å². The molecule has 0 unspecified atom stereocenters. The molecular formula is C18H23N3O3. The van der Waals surface area contributed by atoms with Gasteiger partial charge in [0.25, 0.3) is 0 Å². The Bertz CT molecular complexity index is 703. The van der Waals surface area contributed by atoms with E-state index in [0.717, 1.165) is 11.1 Å². The van der Waals surface area contributed by atoms with Crippen molar-refractivity contribution in [2.75, 3.05) is 13.6 Å². The van der Waals surface area contributed by atoms with Crippen molar-refractivity contribution in [3.05, 3.63) is 35.4 Å². The van der Waals surface area contributed by atoms with E-state index in [2.05, 4.69) is 5.32 Å². The first kappa shape index (κ1) is 16.5. The Morgan fingerprint density at radius 2 is 1.92 bits per heavy atom. The molecule has 3 rings (SSSR count). The SMILES string of the molecule is CNC(=O)[C@H](C)N1CC[C@@]2(Cc3ccccc3CN2C(C)=O)C1=O. The van der Waals surface area contributed by atoms with Crippen LogP contribution in [0.25, 0.3) is 0 Å². The van der Waals surface area contributed by atoms with Gasteiger partial charge in [0, 0.05) is 33.5 Å². The van der Waals surface area contributed by atoms with Crippen LogP contribution in [0, 0.1) is 0 Å². The Kier molecular flexibility index (Phi) is 4.07. The maximum atomic E-state index is 13.2. The Balaban J connectivity index is 1.98. The molecule has 2 aliphatic rings. The molecule has 1 spiro atoms. The summed E-state index contributed by atoms with van der Waals surface area (Å²) in [6.07, 6.45) is 1.07. The number of fused-ring (bicyclic) bond motifs is 1. The van der Waals surface area contributed by atoms with Crippen molar-refractivity contribution >= 4 is 17.7 Å². The average Bonchev–Trinajstić information content (AvgIpc) is 2.89. The fourth-order valence-electron chi connectivity index (χ4n) is 3.94. The van der Waals surface area contributed by atoms with E-state index in [0.29, 0.717) is 25.9 Å². The largest absolute Gasteiger partial charge is 0.357 e. The van der Waals surface area contributed by atoms with Crippen LogP contribution in [0.2, 0.25) is 0 Å². The standard InChI is InChI=1S/C18H23N3O3/c1-12(16(23)19-3)20-9-8-18(17(20)24)10-14-6-4-5-7-15(14)11-21(18)13(2)22/h4-7,12H,8-11H2,1-3H3,(H,19,23)/t12-,18+/m0/s1. The van der Waals surface area contributed by atoms with Gasteiger partial charge in [0.15, 0.2) is 0 Å². The Hall–Kier alpha value is -2.37. The van der Waals surface area contributed by atoms with E-state index in [-0.39, 0.29) is 17.7 Å². The lowest BCUT2D eigenvalue weighted by atomic mass is 9.81. The summed E-state index contributed by atoms with van der Waals surface area (Å²) in [7, 11) is 1.56. The number of hydrogen-bond acceptors (Lipinski definition) is 3. The van der Waals surface area contributed by atoms with Crippen molar-refractivity contribution in [2.24, 2.45) is 0 Å². The molecule has 2 atom stereocenters. The second-order valence-corrected chi connectivity index (χ2v) is 6.62. The van der Waals surface area contributed by atoms with Crippen LogP contribution in [0.4, 0.5) is 0 Å². The molecule has 3 amide bonds. The summed E-state index contributed by atoms with van der Waals surface area (Å²) in [5.74, 6) is -0.415. The van der Waals surface area contributed by atoms with Gasteiger partial charge < -0.3 is 15.1 Å². The Morgan fingerprint density at radius 1 is 1.25 bits per heavy atom. The quantitative estimate of drug-likeness (QED) is 0.868. The molecule has 1 fully saturated rings. The predicted octanol–water partition coefficient (Wildman–Crippen LogP) is 0.697. The molecule has 24 heavy (non-hydrogen) atoms. The molecule has 1 aromatic carbocycles. The van der Waals surface area contributed by atoms with Gasteiger partial charge in [-0.3, -0.25) is 14.4 Å². The summed E-state index contributed by atoms with van der Waals surface area (Å²) in [4.78, 5) is 40.7. The third-order valence-electron chi connectivity index (χ3n) is 5.35.